The van der Waals surface area contributed by atoms with Crippen molar-refractivity contribution in [3.63, 3.8) is 0 Å². The number of amides is 3. The molecule has 8 heteroatoms. The van der Waals surface area contributed by atoms with Gasteiger partial charge in [0.1, 0.15) is 11.9 Å². The predicted molar refractivity (Wildman–Crippen MR) is 166 cm³/mol. The summed E-state index contributed by atoms with van der Waals surface area (Å²) in [5.74, 6) is -0.286. The molecule has 220 valence electrons. The second kappa shape index (κ2) is 14.2. The zero-order valence-corrected chi connectivity index (χ0v) is 24.1. The van der Waals surface area contributed by atoms with E-state index in [0.717, 1.165) is 11.1 Å². The Morgan fingerprint density at radius 1 is 0.767 bits per heavy atom. The third-order valence-electron chi connectivity index (χ3n) is 7.35. The lowest BCUT2D eigenvalue weighted by atomic mass is 9.96. The Balaban J connectivity index is 1.43. The van der Waals surface area contributed by atoms with Crippen LogP contribution in [0.4, 0.5) is 16.2 Å². The maximum Gasteiger partial charge on any atom is 0.323 e. The normalized spacial score (nSPS) is 13.3. The Morgan fingerprint density at radius 2 is 1.33 bits per heavy atom. The average molecular weight is 578 g/mol. The van der Waals surface area contributed by atoms with Gasteiger partial charge >= 0.3 is 12.0 Å². The summed E-state index contributed by atoms with van der Waals surface area (Å²) in [6.07, 6.45) is 0.577. The smallest absolute Gasteiger partial charge is 0.323 e. The lowest BCUT2D eigenvalue weighted by molar-refractivity contribution is -0.149. The summed E-state index contributed by atoms with van der Waals surface area (Å²) in [5, 5.41) is 5.63. The summed E-state index contributed by atoms with van der Waals surface area (Å²) < 4.78 is 11.8. The van der Waals surface area contributed by atoms with Crippen LogP contribution in [0.25, 0.3) is 0 Å². The number of urea groups is 1. The van der Waals surface area contributed by atoms with Crippen LogP contribution < -0.4 is 15.4 Å². The van der Waals surface area contributed by atoms with Gasteiger partial charge in [-0.05, 0) is 61.2 Å². The third kappa shape index (κ3) is 7.60. The van der Waals surface area contributed by atoms with Gasteiger partial charge in [-0.3, -0.25) is 9.59 Å². The molecule has 0 saturated carbocycles. The minimum atomic E-state index is -0.469. The van der Waals surface area contributed by atoms with Gasteiger partial charge in [0.25, 0.3) is 5.91 Å². The maximum absolute atomic E-state index is 14.0. The van der Waals surface area contributed by atoms with E-state index in [-0.39, 0.29) is 17.8 Å². The molecule has 1 aliphatic rings. The minimum absolute atomic E-state index is 0.220. The topological polar surface area (TPSA) is 97.0 Å². The molecule has 0 unspecified atom stereocenters. The van der Waals surface area contributed by atoms with Crippen molar-refractivity contribution < 1.29 is 23.9 Å². The molecule has 43 heavy (non-hydrogen) atoms. The van der Waals surface area contributed by atoms with Crippen LogP contribution in [0.15, 0.2) is 109 Å². The average Bonchev–Trinajstić information content (AvgIpc) is 3.05. The molecule has 2 N–H and O–H groups in total. The second-order valence-corrected chi connectivity index (χ2v) is 10.3. The fourth-order valence-corrected chi connectivity index (χ4v) is 5.15. The van der Waals surface area contributed by atoms with Crippen LogP contribution in [-0.2, 0) is 9.53 Å². The van der Waals surface area contributed by atoms with Crippen molar-refractivity contribution in [2.45, 2.75) is 25.9 Å². The van der Waals surface area contributed by atoms with Crippen LogP contribution >= 0.6 is 0 Å². The van der Waals surface area contributed by atoms with Crippen molar-refractivity contribution >= 4 is 29.3 Å². The van der Waals surface area contributed by atoms with Crippen LogP contribution in [0.3, 0.4) is 0 Å². The molecule has 4 aromatic rings. The number of esters is 1. The number of ether oxygens (including phenoxy) is 2. The van der Waals surface area contributed by atoms with Gasteiger partial charge in [0.05, 0.1) is 18.1 Å². The standard InChI is InChI=1S/C35H35N3O5/c1-2-42-34(40)27-20-22-38(23-21-27)33(39)30-24-29(37-35(41)36-28-16-10-5-11-17-28)18-19-31(30)43-32(25-12-6-3-7-13-25)26-14-8-4-9-15-26/h3-19,24,27,32H,2,20-23H2,1H3,(H2,36,37,41). The number of para-hydroxylation sites is 1. The van der Waals surface area contributed by atoms with E-state index in [1.165, 1.54) is 0 Å². The van der Waals surface area contributed by atoms with Gasteiger partial charge in [-0.15, -0.1) is 0 Å². The van der Waals surface area contributed by atoms with Gasteiger partial charge in [-0.25, -0.2) is 4.79 Å². The molecule has 1 heterocycles. The number of nitrogens with one attached hydrogen (secondary N) is 2. The third-order valence-corrected chi connectivity index (χ3v) is 7.35. The van der Waals surface area contributed by atoms with Crippen molar-refractivity contribution in [3.8, 4) is 5.75 Å². The first-order valence-corrected chi connectivity index (χ1v) is 14.5. The molecule has 5 rings (SSSR count). The molecule has 0 aromatic heterocycles. The van der Waals surface area contributed by atoms with E-state index in [2.05, 4.69) is 10.6 Å². The van der Waals surface area contributed by atoms with Crippen LogP contribution in [0, 0.1) is 5.92 Å². The van der Waals surface area contributed by atoms with E-state index < -0.39 is 12.1 Å². The number of carbonyl (C=O) groups excluding carboxylic acids is 3. The van der Waals surface area contributed by atoms with Crippen LogP contribution in [0.5, 0.6) is 5.75 Å². The Hall–Kier alpha value is -5.11. The first-order chi connectivity index (χ1) is 21.0. The van der Waals surface area contributed by atoms with Crippen molar-refractivity contribution in [2.75, 3.05) is 30.3 Å². The Labute approximate surface area is 251 Å². The summed E-state index contributed by atoms with van der Waals surface area (Å²) in [5.41, 5.74) is 3.29. The highest BCUT2D eigenvalue weighted by molar-refractivity contribution is 6.02. The van der Waals surface area contributed by atoms with Crippen molar-refractivity contribution in [1.82, 2.24) is 4.90 Å². The van der Waals surface area contributed by atoms with Crippen molar-refractivity contribution in [1.29, 1.82) is 0 Å². The zero-order chi connectivity index (χ0) is 30.0. The maximum atomic E-state index is 14.0. The fraction of sp³-hybridized carbons (Fsp3) is 0.229. The van der Waals surface area contributed by atoms with Gasteiger partial charge in [0.15, 0.2) is 0 Å². The van der Waals surface area contributed by atoms with E-state index in [9.17, 15) is 14.4 Å². The number of nitrogens with zero attached hydrogens (tertiary/aromatic N) is 1. The number of likely N-dealkylation sites (tertiary alicyclic amines) is 1. The molecule has 0 atom stereocenters. The Kier molecular flexibility index (Phi) is 9.69. The number of carbonyl (C=O) groups is 3. The molecule has 0 aliphatic carbocycles. The number of hydrogen-bond donors (Lipinski definition) is 2. The van der Waals surface area contributed by atoms with E-state index >= 15 is 0 Å². The van der Waals surface area contributed by atoms with Gasteiger partial charge in [-0.2, -0.15) is 0 Å². The Morgan fingerprint density at radius 3 is 1.91 bits per heavy atom. The summed E-state index contributed by atoms with van der Waals surface area (Å²) >= 11 is 0. The molecule has 1 saturated heterocycles. The number of anilines is 2. The molecule has 4 aromatic carbocycles. The summed E-state index contributed by atoms with van der Waals surface area (Å²) in [7, 11) is 0. The van der Waals surface area contributed by atoms with E-state index in [1.54, 1.807) is 42.2 Å². The molecular weight excluding hydrogens is 542 g/mol. The van der Waals surface area contributed by atoms with Gasteiger partial charge < -0.3 is 25.0 Å². The highest BCUT2D eigenvalue weighted by Gasteiger charge is 2.30. The highest BCUT2D eigenvalue weighted by atomic mass is 16.5. The fourth-order valence-electron chi connectivity index (χ4n) is 5.15. The molecule has 1 aliphatic heterocycles. The lowest BCUT2D eigenvalue weighted by Gasteiger charge is -2.31. The number of benzene rings is 4. The van der Waals surface area contributed by atoms with E-state index in [0.29, 0.717) is 55.2 Å². The molecule has 0 spiro atoms. The minimum Gasteiger partial charge on any atom is -0.480 e. The molecule has 0 radical (unpaired) electrons. The van der Waals surface area contributed by atoms with E-state index in [1.807, 2.05) is 78.9 Å². The molecule has 8 nitrogen and oxygen atoms in total. The van der Waals surface area contributed by atoms with Gasteiger partial charge in [0.2, 0.25) is 0 Å². The molecular formula is C35H35N3O5. The highest BCUT2D eigenvalue weighted by Crippen LogP contribution is 2.33. The van der Waals surface area contributed by atoms with Crippen LogP contribution in [-0.4, -0.2) is 42.5 Å². The number of hydrogen-bond acceptors (Lipinski definition) is 5. The van der Waals surface area contributed by atoms with Crippen molar-refractivity contribution in [3.05, 3.63) is 126 Å². The predicted octanol–water partition coefficient (Wildman–Crippen LogP) is 6.91. The zero-order valence-electron chi connectivity index (χ0n) is 24.1. The summed E-state index contributed by atoms with van der Waals surface area (Å²) in [6, 6.07) is 33.4. The Bertz CT molecular complexity index is 1480. The van der Waals surface area contributed by atoms with Crippen LogP contribution in [0.2, 0.25) is 0 Å². The lowest BCUT2D eigenvalue weighted by Crippen LogP contribution is -2.40. The largest absolute Gasteiger partial charge is 0.480 e. The monoisotopic (exact) mass is 577 g/mol. The number of piperidine rings is 1. The molecule has 3 amide bonds. The van der Waals surface area contributed by atoms with Crippen LogP contribution in [0.1, 0.15) is 47.4 Å². The first-order valence-electron chi connectivity index (χ1n) is 14.5. The van der Waals surface area contributed by atoms with Gasteiger partial charge in [-0.1, -0.05) is 78.9 Å². The second-order valence-electron chi connectivity index (χ2n) is 10.3. The van der Waals surface area contributed by atoms with Gasteiger partial charge in [0, 0.05) is 24.5 Å². The molecule has 1 fully saturated rings. The summed E-state index contributed by atoms with van der Waals surface area (Å²) in [4.78, 5) is 40.8. The quantitative estimate of drug-likeness (QED) is 0.211. The first kappa shape index (κ1) is 29.4. The SMILES string of the molecule is CCOC(=O)C1CCN(C(=O)c2cc(NC(=O)Nc3ccccc3)ccc2OC(c2ccccc2)c2ccccc2)CC1. The molecule has 0 bridgehead atoms. The number of rotatable bonds is 9. The van der Waals surface area contributed by atoms with E-state index in [4.69, 9.17) is 9.47 Å². The van der Waals surface area contributed by atoms with Crippen molar-refractivity contribution in [2.24, 2.45) is 5.92 Å². The summed E-state index contributed by atoms with van der Waals surface area (Å²) in [6.45, 7) is 2.95.